The second-order valence-corrected chi connectivity index (χ2v) is 73.6. The molecule has 0 N–H and O–H groups in total. The second-order valence-electron chi connectivity index (χ2n) is 46.7. The first-order valence-corrected chi connectivity index (χ1v) is 67.8. The van der Waals surface area contributed by atoms with E-state index in [2.05, 4.69) is 14.7 Å². The monoisotopic (exact) mass is 2130 g/mol. The lowest BCUT2D eigenvalue weighted by Gasteiger charge is -2.38. The number of likely N-dealkylation sites (tertiary alicyclic amines) is 3. The molecule has 3 heterocycles. The molecule has 3 fully saturated rings. The van der Waals surface area contributed by atoms with Gasteiger partial charge in [0.15, 0.2) is 0 Å². The summed E-state index contributed by atoms with van der Waals surface area (Å²) < 4.78 is 160. The summed E-state index contributed by atoms with van der Waals surface area (Å²) in [6.45, 7) is 75.1. The van der Waals surface area contributed by atoms with E-state index < -0.39 is 131 Å². The maximum Gasteiger partial charge on any atom is 0.391 e. The molecule has 0 unspecified atom stereocenters. The molecular formula is C90H195N3O23P7S7-. The van der Waals surface area contributed by atoms with Crippen LogP contribution in [0.4, 0.5) is 0 Å². The molecule has 0 aromatic carbocycles. The lowest BCUT2D eigenvalue weighted by Crippen LogP contribution is -2.36. The molecule has 3 aliphatic heterocycles. The molecule has 3 aliphatic rings. The fourth-order valence-corrected chi connectivity index (χ4v) is 40.9. The van der Waals surface area contributed by atoms with Gasteiger partial charge < -0.3 is 28.5 Å². The van der Waals surface area contributed by atoms with Gasteiger partial charge in [-0.3, -0.25) is 64.0 Å². The molecular weight excluding hydrogens is 1930 g/mol. The quantitative estimate of drug-likeness (QED) is 0.0317. The third-order valence-corrected chi connectivity index (χ3v) is 41.6. The molecule has 0 radical (unpaired) electrons. The molecule has 0 aliphatic carbocycles. The summed E-state index contributed by atoms with van der Waals surface area (Å²) in [5.74, 6) is 3.92. The Morgan fingerprint density at radius 1 is 0.277 bits per heavy atom. The Morgan fingerprint density at radius 2 is 0.477 bits per heavy atom. The summed E-state index contributed by atoms with van der Waals surface area (Å²) >= 11 is 12.3. The van der Waals surface area contributed by atoms with E-state index in [-0.39, 0.29) is 12.6 Å². The number of rotatable bonds is 37. The van der Waals surface area contributed by atoms with E-state index in [0.29, 0.717) is 17.4 Å². The Hall–Kier alpha value is 2.88. The Labute approximate surface area is 827 Å². The summed E-state index contributed by atoms with van der Waals surface area (Å²) in [6, 6.07) is 0. The first-order valence-electron chi connectivity index (χ1n) is 46.5. The molecule has 3 saturated heterocycles. The van der Waals surface area contributed by atoms with Crippen molar-refractivity contribution in [1.29, 1.82) is 0 Å². The van der Waals surface area contributed by atoms with Crippen LogP contribution in [-0.2, 0) is 112 Å². The number of hydrogen-bond acceptors (Lipinski definition) is 33. The van der Waals surface area contributed by atoms with Crippen molar-refractivity contribution in [1.82, 2.24) is 14.7 Å². The number of carbonyl (C=O) groups excluding carboxylic acids is 1. The minimum absolute atomic E-state index is 0.182. The van der Waals surface area contributed by atoms with Crippen molar-refractivity contribution in [3.05, 3.63) is 0 Å². The van der Waals surface area contributed by atoms with Gasteiger partial charge in [0.05, 0.1) is 89.7 Å². The zero-order valence-corrected chi connectivity index (χ0v) is 103. The number of ether oxygens (including phenoxy) is 1. The van der Waals surface area contributed by atoms with Crippen LogP contribution in [-0.4, -0.2) is 193 Å². The SMILES string of the molecule is CC(C)(C)OP(=O)(OC(C)(C)C)SCCN1CCCCC1.CC(C)(C)OP(=O)(OC(C)(C)C)SCCOC(=O)C(C)(C)CCN1CCCCC1.CC(C)(C)OP(=O)(OC(C)(C)C)SCN1CCCCC1.CC(C)(C)OP([O-])(=S)OC(C)(C)C.CCCSP(=O)(OC(C)(C)C)OC(C)(C)C.CCCSP(=O)(OC(C)(C)C)OC(C)(C)C.CCSP(=O)(OC(C)(C)C)OC(C)(C)C. The molecule has 786 valence electrons. The number of nitrogens with zero attached hydrogens (tertiary/aromatic N) is 3. The fraction of sp³-hybridized carbons (Fsp3) is 0.989. The molecule has 3 rings (SSSR count). The smallest absolute Gasteiger partial charge is 0.391 e. The van der Waals surface area contributed by atoms with Crippen molar-refractivity contribution in [3.63, 3.8) is 0 Å². The van der Waals surface area contributed by atoms with Gasteiger partial charge in [-0.05, 0) is 477 Å². The van der Waals surface area contributed by atoms with E-state index in [0.717, 1.165) is 100 Å². The molecule has 0 aromatic rings. The number of esters is 1. The van der Waals surface area contributed by atoms with Crippen LogP contribution < -0.4 is 4.89 Å². The minimum Gasteiger partial charge on any atom is -0.780 e. The van der Waals surface area contributed by atoms with Gasteiger partial charge in [-0.25, -0.2) is 27.4 Å². The number of carbonyl (C=O) groups is 1. The second kappa shape index (κ2) is 59.5. The molecule has 0 spiro atoms. The first-order chi connectivity index (χ1) is 57.4. The van der Waals surface area contributed by atoms with E-state index >= 15 is 0 Å². The zero-order chi connectivity index (χ0) is 103. The van der Waals surface area contributed by atoms with Crippen LogP contribution in [0.5, 0.6) is 0 Å². The average Bonchev–Trinajstić information content (AvgIpc) is 0.841. The summed E-state index contributed by atoms with van der Waals surface area (Å²) in [7, 11) is 0. The predicted octanol–water partition coefficient (Wildman–Crippen LogP) is 32.2. The first kappa shape index (κ1) is 139. The fourth-order valence-electron chi connectivity index (χ4n) is 10.6. The van der Waals surface area contributed by atoms with E-state index in [1.54, 1.807) is 41.5 Å². The third-order valence-electron chi connectivity index (χ3n) is 14.2. The molecule has 130 heavy (non-hydrogen) atoms. The Kier molecular flexibility index (Phi) is 63.7. The zero-order valence-electron chi connectivity index (χ0n) is 90.8. The van der Waals surface area contributed by atoms with E-state index in [1.165, 1.54) is 115 Å². The molecule has 0 amide bonds. The van der Waals surface area contributed by atoms with Crippen LogP contribution >= 0.6 is 116 Å². The molecule has 0 aromatic heterocycles. The van der Waals surface area contributed by atoms with Gasteiger partial charge in [0.2, 0.25) is 0 Å². The summed E-state index contributed by atoms with van der Waals surface area (Å²) in [4.78, 5) is 31.4. The molecule has 40 heteroatoms. The lowest BCUT2D eigenvalue weighted by atomic mass is 9.89. The van der Waals surface area contributed by atoms with E-state index in [4.69, 9.17) is 79.9 Å². The number of piperidine rings is 3. The van der Waals surface area contributed by atoms with Crippen LogP contribution in [0.2, 0.25) is 0 Å². The Bertz CT molecular complexity index is 3260. The van der Waals surface area contributed by atoms with Crippen molar-refractivity contribution < 1.29 is 105 Å². The van der Waals surface area contributed by atoms with E-state index in [1.807, 2.05) is 284 Å². The Morgan fingerprint density at radius 3 is 0.700 bits per heavy atom. The summed E-state index contributed by atoms with van der Waals surface area (Å²) in [5, 5.41) is 0. The number of hydrogen-bond donors (Lipinski definition) is 0. The van der Waals surface area contributed by atoms with Crippen molar-refractivity contribution in [2.24, 2.45) is 5.41 Å². The summed E-state index contributed by atoms with van der Waals surface area (Å²) in [5.41, 5.74) is -7.44. The van der Waals surface area contributed by atoms with Crippen LogP contribution in [0.15, 0.2) is 0 Å². The normalized spacial score (nSPS) is 16.5. The highest BCUT2D eigenvalue weighted by Gasteiger charge is 2.43. The maximum absolute atomic E-state index is 13.1. The van der Waals surface area contributed by atoms with Gasteiger partial charge in [0.1, 0.15) is 13.3 Å². The molecule has 0 saturated carbocycles. The van der Waals surface area contributed by atoms with Crippen LogP contribution in [0.3, 0.4) is 0 Å². The van der Waals surface area contributed by atoms with Crippen molar-refractivity contribution in [3.8, 4) is 0 Å². The van der Waals surface area contributed by atoms with Gasteiger partial charge in [0.25, 0.3) is 0 Å². The molecule has 26 nitrogen and oxygen atoms in total. The van der Waals surface area contributed by atoms with E-state index in [9.17, 15) is 37.1 Å². The highest BCUT2D eigenvalue weighted by Crippen LogP contribution is 2.70. The average molecular weight is 2130 g/mol. The van der Waals surface area contributed by atoms with Gasteiger partial charge in [0, 0.05) is 35.3 Å². The largest absolute Gasteiger partial charge is 0.780 e. The van der Waals surface area contributed by atoms with Crippen molar-refractivity contribution in [2.75, 3.05) is 93.6 Å². The van der Waals surface area contributed by atoms with Crippen molar-refractivity contribution in [2.45, 2.75) is 481 Å². The topological polar surface area (TPSA) is 291 Å². The van der Waals surface area contributed by atoms with Crippen LogP contribution in [0.25, 0.3) is 0 Å². The lowest BCUT2D eigenvalue weighted by molar-refractivity contribution is -0.222. The minimum atomic E-state index is -3.38. The Balaban J connectivity index is -0.000000724. The van der Waals surface area contributed by atoms with Gasteiger partial charge >= 0.3 is 46.8 Å². The maximum atomic E-state index is 13.1. The highest BCUT2D eigenvalue weighted by molar-refractivity contribution is 8.56. The molecule has 0 bridgehead atoms. The molecule has 0 atom stereocenters. The van der Waals surface area contributed by atoms with Crippen molar-refractivity contribution >= 4 is 134 Å². The van der Waals surface area contributed by atoms with Gasteiger partial charge in [-0.15, -0.1) is 0 Å². The van der Waals surface area contributed by atoms with Gasteiger partial charge in [-0.2, -0.15) is 0 Å². The third kappa shape index (κ3) is 88.6. The highest BCUT2D eigenvalue weighted by atomic mass is 32.7. The standard InChI is InChI=1S/C21H42NO5PS.C15H32NO3PS.C14H30NO3PS.2C11H25O3PS.C10H23O3PS.C8H19O3PS/c1-19(2,3)26-28(24,27-20(4,5)6)29-17-16-25-18(23)21(7,8)12-15-22-13-10-9-11-14-22;1-14(2,3)18-20(17,19-15(4,5)6)21-13-12-16-10-8-7-9-11-16;1-13(2,3)17-19(16,18-14(4,5)6)20-12-15-10-8-7-9-11-15;2*1-8-9-16-15(12,13-10(2,3)4)14-11(5,6)7;1-8-15-14(11,12-9(2,3)4)13-10(5,6)7;1-7(2,3)10-12(9,13)11-8(4,5)6/h9-17H2,1-8H3;7-13H2,1-6H3;7-12H2,1-6H3;2*8-9H2,1-7H3;8H2,1-7H3;1-6H3,(H,9,13)/p-1. The predicted molar refractivity (Wildman–Crippen MR) is 568 cm³/mol. The summed E-state index contributed by atoms with van der Waals surface area (Å²) in [6.07, 6.45) is 14.1. The van der Waals surface area contributed by atoms with Gasteiger partial charge in [-0.1, -0.05) is 51.8 Å². The van der Waals surface area contributed by atoms with Crippen LogP contribution in [0.1, 0.15) is 402 Å². The van der Waals surface area contributed by atoms with Crippen LogP contribution in [0, 0.1) is 5.41 Å².